The van der Waals surface area contributed by atoms with Gasteiger partial charge >= 0.3 is 7.82 Å². The fourth-order valence-electron chi connectivity index (χ4n) is 3.76. The van der Waals surface area contributed by atoms with Gasteiger partial charge in [0.05, 0.1) is 0 Å². The van der Waals surface area contributed by atoms with Gasteiger partial charge in [-0.15, -0.1) is 0 Å². The van der Waals surface area contributed by atoms with Crippen LogP contribution in [-0.2, 0) is 15.5 Å². The molecule has 1 aliphatic carbocycles. The van der Waals surface area contributed by atoms with E-state index in [9.17, 15) is 19.5 Å². The average Bonchev–Trinajstić information content (AvgIpc) is 2.52. The van der Waals surface area contributed by atoms with Gasteiger partial charge in [0.2, 0.25) is 5.79 Å². The Labute approximate surface area is 174 Å². The Balaban J connectivity index is 0.00000420. The molecule has 7 nitrogen and oxygen atoms in total. The van der Waals surface area contributed by atoms with Crippen LogP contribution in [0.15, 0.2) is 23.8 Å². The Morgan fingerprint density at radius 3 is 2.52 bits per heavy atom. The number of unbranched alkanes of at least 4 members (excludes halogenated alkanes) is 2. The largest absolute Gasteiger partial charge is 0.507 e. The van der Waals surface area contributed by atoms with E-state index in [1.807, 2.05) is 6.07 Å². The molecule has 1 aromatic rings. The number of phenolic OH excluding ortho intramolecular Hbond substituents is 1. The second kappa shape index (κ2) is 10.6. The fourth-order valence-corrected chi connectivity index (χ4v) is 4.37. The third kappa shape index (κ3) is 8.11. The Morgan fingerprint density at radius 2 is 1.93 bits per heavy atom. The van der Waals surface area contributed by atoms with Gasteiger partial charge in [-0.2, -0.15) is 0 Å². The predicted octanol–water partition coefficient (Wildman–Crippen LogP) is 5.72. The van der Waals surface area contributed by atoms with E-state index in [1.165, 1.54) is 19.4 Å². The van der Waals surface area contributed by atoms with Crippen molar-refractivity contribution in [1.82, 2.24) is 6.15 Å². The van der Waals surface area contributed by atoms with Crippen LogP contribution in [0.25, 0.3) is 0 Å². The average molecular weight is 429 g/mol. The summed E-state index contributed by atoms with van der Waals surface area (Å²) in [6.07, 6.45) is 9.08. The van der Waals surface area contributed by atoms with E-state index >= 15 is 0 Å². The van der Waals surface area contributed by atoms with Gasteiger partial charge in [0, 0.05) is 25.3 Å². The molecule has 29 heavy (non-hydrogen) atoms. The van der Waals surface area contributed by atoms with Crippen LogP contribution in [0.4, 0.5) is 0 Å². The molecular formula is C21H36NO6P. The molecule has 0 amide bonds. The third-order valence-electron chi connectivity index (χ3n) is 4.89. The lowest BCUT2D eigenvalue weighted by atomic mass is 9.84. The minimum Gasteiger partial charge on any atom is -0.507 e. The Hall–Kier alpha value is -1.37. The van der Waals surface area contributed by atoms with Crippen LogP contribution in [0.3, 0.4) is 0 Å². The van der Waals surface area contributed by atoms with Gasteiger partial charge in [-0.05, 0) is 56.7 Å². The van der Waals surface area contributed by atoms with E-state index < -0.39 is 13.6 Å². The standard InChI is InChI=1S/C21H33O6P.H3N/c1-5-6-7-10-16-13-18(22)20(17-11-8-9-15(2)12-17)19(14-16)26-21(3,4)27-28(23,24)25;/h12-14,17,22H,5-11H2,1-4H3,(H2,23,24,25);1H3. The maximum atomic E-state index is 11.3. The van der Waals surface area contributed by atoms with Crippen LogP contribution in [0.5, 0.6) is 11.5 Å². The first-order valence-electron chi connectivity index (χ1n) is 9.99. The quantitative estimate of drug-likeness (QED) is 0.171. The number of phenols is 1. The zero-order chi connectivity index (χ0) is 20.9. The molecule has 0 bridgehead atoms. The molecular weight excluding hydrogens is 393 g/mol. The molecule has 0 heterocycles. The van der Waals surface area contributed by atoms with E-state index in [0.29, 0.717) is 11.3 Å². The summed E-state index contributed by atoms with van der Waals surface area (Å²) in [5.41, 5.74) is 2.85. The highest BCUT2D eigenvalue weighted by molar-refractivity contribution is 7.46. The molecule has 0 saturated carbocycles. The van der Waals surface area contributed by atoms with E-state index in [4.69, 9.17) is 9.26 Å². The van der Waals surface area contributed by atoms with Gasteiger partial charge < -0.3 is 25.8 Å². The van der Waals surface area contributed by atoms with Crippen LogP contribution in [0.2, 0.25) is 0 Å². The summed E-state index contributed by atoms with van der Waals surface area (Å²) in [5.74, 6) is -0.970. The summed E-state index contributed by atoms with van der Waals surface area (Å²) in [4.78, 5) is 18.4. The van der Waals surface area contributed by atoms with Crippen LogP contribution < -0.4 is 10.9 Å². The minimum absolute atomic E-state index is 0. The van der Waals surface area contributed by atoms with Crippen molar-refractivity contribution in [3.63, 3.8) is 0 Å². The number of phosphoric ester groups is 1. The van der Waals surface area contributed by atoms with Crippen LogP contribution in [0, 0.1) is 0 Å². The molecule has 8 heteroatoms. The van der Waals surface area contributed by atoms with Crippen molar-refractivity contribution >= 4 is 7.82 Å². The van der Waals surface area contributed by atoms with E-state index in [1.54, 1.807) is 6.07 Å². The molecule has 1 atom stereocenters. The van der Waals surface area contributed by atoms with Crippen molar-refractivity contribution in [2.24, 2.45) is 0 Å². The summed E-state index contributed by atoms with van der Waals surface area (Å²) < 4.78 is 22.0. The minimum atomic E-state index is -4.73. The molecule has 0 spiro atoms. The second-order valence-corrected chi connectivity index (χ2v) is 9.24. The van der Waals surface area contributed by atoms with Crippen molar-refractivity contribution in [3.8, 4) is 11.5 Å². The third-order valence-corrected chi connectivity index (χ3v) is 5.56. The number of hydrogen-bond donors (Lipinski definition) is 4. The van der Waals surface area contributed by atoms with E-state index in [0.717, 1.165) is 50.5 Å². The highest BCUT2D eigenvalue weighted by Gasteiger charge is 2.33. The SMILES string of the molecule is CCCCCc1cc(O)c(C2C=C(C)CCC2)c(OC(C)(C)OP(=O)(O)O)c1.N. The zero-order valence-electron chi connectivity index (χ0n) is 18.0. The maximum Gasteiger partial charge on any atom is 0.472 e. The normalized spacial score (nSPS) is 17.4. The number of ether oxygens (including phenoxy) is 1. The van der Waals surface area contributed by atoms with Gasteiger partial charge in [-0.3, -0.25) is 0 Å². The number of benzene rings is 1. The van der Waals surface area contributed by atoms with E-state index in [-0.39, 0.29) is 17.8 Å². The smallest absolute Gasteiger partial charge is 0.472 e. The summed E-state index contributed by atoms with van der Waals surface area (Å²) in [6.45, 7) is 7.12. The molecule has 0 aromatic heterocycles. The predicted molar refractivity (Wildman–Crippen MR) is 115 cm³/mol. The second-order valence-electron chi connectivity index (χ2n) is 8.08. The van der Waals surface area contributed by atoms with Gasteiger partial charge in [0.15, 0.2) is 0 Å². The molecule has 1 unspecified atom stereocenters. The number of phosphoric acid groups is 1. The van der Waals surface area contributed by atoms with Crippen LogP contribution in [0.1, 0.15) is 83.3 Å². The zero-order valence-corrected chi connectivity index (χ0v) is 18.9. The molecule has 1 aliphatic rings. The first-order valence-corrected chi connectivity index (χ1v) is 11.5. The summed E-state index contributed by atoms with van der Waals surface area (Å²) >= 11 is 0. The molecule has 6 N–H and O–H groups in total. The van der Waals surface area contributed by atoms with Crippen molar-refractivity contribution in [2.75, 3.05) is 0 Å². The van der Waals surface area contributed by atoms with Crippen molar-refractivity contribution in [2.45, 2.75) is 84.3 Å². The first-order chi connectivity index (χ1) is 13.0. The topological polar surface area (TPSA) is 131 Å². The highest BCUT2D eigenvalue weighted by Crippen LogP contribution is 2.46. The van der Waals surface area contributed by atoms with Crippen molar-refractivity contribution in [3.05, 3.63) is 34.9 Å². The number of allylic oxidation sites excluding steroid dienone is 2. The number of aryl methyl sites for hydroxylation is 1. The lowest BCUT2D eigenvalue weighted by Crippen LogP contribution is -2.31. The Morgan fingerprint density at radius 1 is 1.24 bits per heavy atom. The molecule has 0 aliphatic heterocycles. The fraction of sp³-hybridized carbons (Fsp3) is 0.619. The molecule has 166 valence electrons. The van der Waals surface area contributed by atoms with Gasteiger partial charge in [0.1, 0.15) is 11.5 Å². The number of rotatable bonds is 9. The van der Waals surface area contributed by atoms with Crippen molar-refractivity contribution < 1.29 is 28.7 Å². The first kappa shape index (κ1) is 25.7. The lowest BCUT2D eigenvalue weighted by molar-refractivity contribution is -0.0965. The highest BCUT2D eigenvalue weighted by atomic mass is 31.2. The Kier molecular flexibility index (Phi) is 9.38. The Bertz CT molecular complexity index is 756. The monoisotopic (exact) mass is 429 g/mol. The summed E-state index contributed by atoms with van der Waals surface area (Å²) in [5, 5.41) is 10.8. The van der Waals surface area contributed by atoms with Gasteiger partial charge in [0.25, 0.3) is 0 Å². The molecule has 2 rings (SSSR count). The summed E-state index contributed by atoms with van der Waals surface area (Å²) in [6, 6.07) is 3.65. The molecule has 0 fully saturated rings. The number of aromatic hydroxyl groups is 1. The molecule has 0 radical (unpaired) electrons. The molecule has 0 saturated heterocycles. The maximum absolute atomic E-state index is 11.3. The summed E-state index contributed by atoms with van der Waals surface area (Å²) in [7, 11) is -4.73. The van der Waals surface area contributed by atoms with Crippen molar-refractivity contribution in [1.29, 1.82) is 0 Å². The number of hydrogen-bond acceptors (Lipinski definition) is 5. The van der Waals surface area contributed by atoms with Crippen LogP contribution >= 0.6 is 7.82 Å². The lowest BCUT2D eigenvalue weighted by Gasteiger charge is -2.30. The molecule has 1 aromatic carbocycles. The van der Waals surface area contributed by atoms with E-state index in [2.05, 4.69) is 19.9 Å². The van der Waals surface area contributed by atoms with Gasteiger partial charge in [-0.25, -0.2) is 9.09 Å². The van der Waals surface area contributed by atoms with Gasteiger partial charge in [-0.1, -0.05) is 31.4 Å². The van der Waals surface area contributed by atoms with Crippen LogP contribution in [-0.4, -0.2) is 20.7 Å².